The third kappa shape index (κ3) is 3.53. The molecular weight excluding hydrogens is 341 g/mol. The number of hydrogen-bond acceptors (Lipinski definition) is 5. The van der Waals surface area contributed by atoms with Gasteiger partial charge in [0.1, 0.15) is 11.7 Å². The lowest BCUT2D eigenvalue weighted by molar-refractivity contribution is -0.142. The standard InChI is InChI=1S/C18H20FN3O4/c1-18(17(23)24,22-11-6-4-10(5-7-11)16(20)21)12-8-14(25-2)15(26-3)9-13(12)19/h4-9,22H,1-3H3,(H3,20,21)(H,23,24). The van der Waals surface area contributed by atoms with Crippen LogP contribution in [0, 0.1) is 11.2 Å². The van der Waals surface area contributed by atoms with Crippen LogP contribution in [0.3, 0.4) is 0 Å². The average Bonchev–Trinajstić information content (AvgIpc) is 2.61. The van der Waals surface area contributed by atoms with E-state index in [1.54, 1.807) is 24.3 Å². The number of anilines is 1. The minimum Gasteiger partial charge on any atom is -0.493 e. The molecule has 0 radical (unpaired) electrons. The van der Waals surface area contributed by atoms with Crippen molar-refractivity contribution in [3.63, 3.8) is 0 Å². The Morgan fingerprint density at radius 1 is 1.19 bits per heavy atom. The molecule has 2 aromatic carbocycles. The van der Waals surface area contributed by atoms with E-state index in [1.807, 2.05) is 0 Å². The molecule has 0 aliphatic rings. The third-order valence-electron chi connectivity index (χ3n) is 4.03. The maximum atomic E-state index is 14.6. The van der Waals surface area contributed by atoms with E-state index in [0.29, 0.717) is 11.3 Å². The summed E-state index contributed by atoms with van der Waals surface area (Å²) in [6.45, 7) is 1.35. The highest BCUT2D eigenvalue weighted by Gasteiger charge is 2.38. The van der Waals surface area contributed by atoms with Crippen molar-refractivity contribution in [2.45, 2.75) is 12.5 Å². The summed E-state index contributed by atoms with van der Waals surface area (Å²) in [7, 11) is 2.74. The van der Waals surface area contributed by atoms with E-state index in [-0.39, 0.29) is 22.9 Å². The molecule has 0 spiro atoms. The van der Waals surface area contributed by atoms with Gasteiger partial charge in [-0.25, -0.2) is 9.18 Å². The highest BCUT2D eigenvalue weighted by Crippen LogP contribution is 2.36. The lowest BCUT2D eigenvalue weighted by atomic mass is 9.90. The number of carboxylic acids is 1. The molecule has 2 rings (SSSR count). The van der Waals surface area contributed by atoms with Crippen LogP contribution in [0.4, 0.5) is 10.1 Å². The summed E-state index contributed by atoms with van der Waals surface area (Å²) >= 11 is 0. The Kier molecular flexibility index (Phi) is 5.35. The number of aliphatic carboxylic acids is 1. The van der Waals surface area contributed by atoms with Crippen LogP contribution in [0.5, 0.6) is 11.5 Å². The van der Waals surface area contributed by atoms with Gasteiger partial charge in [0.2, 0.25) is 0 Å². The number of methoxy groups -OCH3 is 2. The number of nitrogens with two attached hydrogens (primary N) is 1. The molecule has 8 heteroatoms. The molecule has 2 aromatic rings. The summed E-state index contributed by atoms with van der Waals surface area (Å²) in [6.07, 6.45) is 0. The second-order valence-corrected chi connectivity index (χ2v) is 5.73. The Labute approximate surface area is 150 Å². The number of nitrogen functional groups attached to an aromatic ring is 1. The van der Waals surface area contributed by atoms with Gasteiger partial charge in [0.25, 0.3) is 0 Å². The Balaban J connectivity index is 2.50. The van der Waals surface area contributed by atoms with Crippen molar-refractivity contribution in [2.24, 2.45) is 5.73 Å². The van der Waals surface area contributed by atoms with Crippen LogP contribution >= 0.6 is 0 Å². The van der Waals surface area contributed by atoms with E-state index in [4.69, 9.17) is 20.6 Å². The van der Waals surface area contributed by atoms with Crippen LogP contribution in [0.25, 0.3) is 0 Å². The molecule has 0 saturated heterocycles. The molecule has 0 aliphatic carbocycles. The molecule has 0 aliphatic heterocycles. The molecule has 7 nitrogen and oxygen atoms in total. The minimum atomic E-state index is -1.78. The molecule has 138 valence electrons. The number of amidine groups is 1. The molecule has 5 N–H and O–H groups in total. The Bertz CT molecular complexity index is 839. The van der Waals surface area contributed by atoms with Crippen molar-refractivity contribution in [1.82, 2.24) is 0 Å². The molecule has 0 fully saturated rings. The minimum absolute atomic E-state index is 0.108. The van der Waals surface area contributed by atoms with Crippen LogP contribution in [-0.4, -0.2) is 31.1 Å². The zero-order valence-electron chi connectivity index (χ0n) is 14.6. The molecule has 0 saturated carbocycles. The van der Waals surface area contributed by atoms with Gasteiger partial charge in [-0.2, -0.15) is 0 Å². The van der Waals surface area contributed by atoms with Gasteiger partial charge in [-0.15, -0.1) is 0 Å². The number of hydrogen-bond donors (Lipinski definition) is 4. The fourth-order valence-electron chi connectivity index (χ4n) is 2.50. The van der Waals surface area contributed by atoms with Gasteiger partial charge < -0.3 is 25.6 Å². The van der Waals surface area contributed by atoms with Crippen LogP contribution in [-0.2, 0) is 10.3 Å². The molecule has 26 heavy (non-hydrogen) atoms. The number of halogens is 1. The SMILES string of the molecule is COc1cc(F)c(C(C)(Nc2ccc(C(=N)N)cc2)C(=O)O)cc1OC. The second-order valence-electron chi connectivity index (χ2n) is 5.73. The summed E-state index contributed by atoms with van der Waals surface area (Å²) in [4.78, 5) is 12.0. The number of benzene rings is 2. The van der Waals surface area contributed by atoms with Gasteiger partial charge in [0, 0.05) is 22.9 Å². The fourth-order valence-corrected chi connectivity index (χ4v) is 2.50. The quantitative estimate of drug-likeness (QED) is 0.445. The maximum Gasteiger partial charge on any atom is 0.333 e. The van der Waals surface area contributed by atoms with Crippen molar-refractivity contribution in [3.8, 4) is 11.5 Å². The molecule has 1 atom stereocenters. The monoisotopic (exact) mass is 361 g/mol. The van der Waals surface area contributed by atoms with Gasteiger partial charge in [0.05, 0.1) is 14.2 Å². The van der Waals surface area contributed by atoms with E-state index in [1.165, 1.54) is 27.2 Å². The molecule has 0 amide bonds. The zero-order chi connectivity index (χ0) is 19.5. The van der Waals surface area contributed by atoms with Crippen LogP contribution in [0.1, 0.15) is 18.1 Å². The van der Waals surface area contributed by atoms with Gasteiger partial charge >= 0.3 is 5.97 Å². The highest BCUT2D eigenvalue weighted by molar-refractivity contribution is 5.95. The first-order valence-corrected chi connectivity index (χ1v) is 7.61. The van der Waals surface area contributed by atoms with Crippen molar-refractivity contribution >= 4 is 17.5 Å². The Morgan fingerprint density at radius 3 is 2.19 bits per heavy atom. The van der Waals surface area contributed by atoms with Crippen molar-refractivity contribution in [2.75, 3.05) is 19.5 Å². The number of rotatable bonds is 7. The van der Waals surface area contributed by atoms with E-state index < -0.39 is 17.3 Å². The normalized spacial score (nSPS) is 12.8. The molecule has 0 aromatic heterocycles. The molecule has 0 bridgehead atoms. The first-order valence-electron chi connectivity index (χ1n) is 7.61. The van der Waals surface area contributed by atoms with Gasteiger partial charge in [-0.1, -0.05) is 0 Å². The predicted molar refractivity (Wildman–Crippen MR) is 95.6 cm³/mol. The van der Waals surface area contributed by atoms with Crippen LogP contribution in [0.2, 0.25) is 0 Å². The summed E-state index contributed by atoms with van der Waals surface area (Å²) in [6, 6.07) is 8.64. The van der Waals surface area contributed by atoms with E-state index in [0.717, 1.165) is 6.07 Å². The predicted octanol–water partition coefficient (Wildman–Crippen LogP) is 2.54. The first kappa shape index (κ1) is 19.0. The smallest absolute Gasteiger partial charge is 0.333 e. The van der Waals surface area contributed by atoms with Crippen LogP contribution < -0.4 is 20.5 Å². The van der Waals surface area contributed by atoms with Gasteiger partial charge in [-0.05, 0) is 37.3 Å². The number of carbonyl (C=O) groups is 1. The van der Waals surface area contributed by atoms with Crippen LogP contribution in [0.15, 0.2) is 36.4 Å². The van der Waals surface area contributed by atoms with Crippen molar-refractivity contribution < 1.29 is 23.8 Å². The lowest BCUT2D eigenvalue weighted by Crippen LogP contribution is -2.41. The van der Waals surface area contributed by atoms with Gasteiger partial charge in [-0.3, -0.25) is 5.41 Å². The maximum absolute atomic E-state index is 14.6. The van der Waals surface area contributed by atoms with Crippen molar-refractivity contribution in [1.29, 1.82) is 5.41 Å². The average molecular weight is 361 g/mol. The Morgan fingerprint density at radius 2 is 1.73 bits per heavy atom. The zero-order valence-corrected chi connectivity index (χ0v) is 14.6. The van der Waals surface area contributed by atoms with E-state index >= 15 is 0 Å². The largest absolute Gasteiger partial charge is 0.493 e. The number of ether oxygens (including phenoxy) is 2. The summed E-state index contributed by atoms with van der Waals surface area (Å²) in [5, 5.41) is 20.0. The number of nitrogens with one attached hydrogen (secondary N) is 2. The summed E-state index contributed by atoms with van der Waals surface area (Å²) < 4.78 is 24.8. The van der Waals surface area contributed by atoms with Crippen molar-refractivity contribution in [3.05, 3.63) is 53.3 Å². The highest BCUT2D eigenvalue weighted by atomic mass is 19.1. The molecule has 0 heterocycles. The number of carboxylic acid groups (broad SMARTS) is 1. The second kappa shape index (κ2) is 7.30. The molecular formula is C18H20FN3O4. The topological polar surface area (TPSA) is 118 Å². The third-order valence-corrected chi connectivity index (χ3v) is 4.03. The molecule has 1 unspecified atom stereocenters. The van der Waals surface area contributed by atoms with E-state index in [2.05, 4.69) is 5.32 Å². The fraction of sp³-hybridized carbons (Fsp3) is 0.222. The van der Waals surface area contributed by atoms with E-state index in [9.17, 15) is 14.3 Å². The summed E-state index contributed by atoms with van der Waals surface area (Å²) in [5.41, 5.74) is 4.43. The summed E-state index contributed by atoms with van der Waals surface area (Å²) in [5.74, 6) is -1.76. The Hall–Kier alpha value is -3.29. The first-order chi connectivity index (χ1) is 12.2. The lowest BCUT2D eigenvalue weighted by Gasteiger charge is -2.29. The van der Waals surface area contributed by atoms with Gasteiger partial charge in [0.15, 0.2) is 17.0 Å².